The molecule has 1 heterocycles. The van der Waals surface area contributed by atoms with Gasteiger partial charge in [-0.1, -0.05) is 83.3 Å². The second-order valence-electron chi connectivity index (χ2n) is 7.61. The number of hydrogen-bond acceptors (Lipinski definition) is 4. The van der Waals surface area contributed by atoms with Crippen LogP contribution in [0.15, 0.2) is 85.5 Å². The SMILES string of the molecule is O[C@@](Cc1ccc(Cl)cc1)(c1ccccc1)[C@](O)(Cn1cncn1)c1ccc(Cl)cc1Cl. The van der Waals surface area contributed by atoms with Gasteiger partial charge in [-0.3, -0.25) is 0 Å². The fourth-order valence-corrected chi connectivity index (χ4v) is 4.60. The molecule has 0 amide bonds. The first-order valence-corrected chi connectivity index (χ1v) is 11.0. The summed E-state index contributed by atoms with van der Waals surface area (Å²) >= 11 is 18.7. The second-order valence-corrected chi connectivity index (χ2v) is 8.89. The number of halogens is 3. The van der Waals surface area contributed by atoms with Crippen LogP contribution in [0.1, 0.15) is 16.7 Å². The van der Waals surface area contributed by atoms with Crippen molar-refractivity contribution in [2.24, 2.45) is 0 Å². The van der Waals surface area contributed by atoms with Crippen LogP contribution in [-0.2, 0) is 24.2 Å². The Bertz CT molecular complexity index is 1190. The molecule has 2 atom stereocenters. The maximum atomic E-state index is 12.3. The summed E-state index contributed by atoms with van der Waals surface area (Å²) in [7, 11) is 0. The number of aromatic nitrogens is 3. The van der Waals surface area contributed by atoms with Gasteiger partial charge in [0.1, 0.15) is 23.9 Å². The van der Waals surface area contributed by atoms with E-state index >= 15 is 0 Å². The maximum absolute atomic E-state index is 12.3. The Balaban J connectivity index is 1.94. The summed E-state index contributed by atoms with van der Waals surface area (Å²) in [6.07, 6.45) is 2.92. The van der Waals surface area contributed by atoms with Gasteiger partial charge in [-0.15, -0.1) is 0 Å². The first-order valence-electron chi connectivity index (χ1n) is 9.84. The Hall–Kier alpha value is -2.41. The van der Waals surface area contributed by atoms with Gasteiger partial charge in [0.05, 0.1) is 6.54 Å². The molecule has 0 aliphatic carbocycles. The highest BCUT2D eigenvalue weighted by Crippen LogP contribution is 2.47. The number of aliphatic hydroxyl groups is 2. The molecule has 0 saturated heterocycles. The van der Waals surface area contributed by atoms with Gasteiger partial charge in [-0.05, 0) is 35.4 Å². The molecule has 0 aliphatic heterocycles. The lowest BCUT2D eigenvalue weighted by atomic mass is 9.70. The van der Waals surface area contributed by atoms with Gasteiger partial charge in [-0.2, -0.15) is 5.10 Å². The molecule has 0 unspecified atom stereocenters. The lowest BCUT2D eigenvalue weighted by Crippen LogP contribution is -2.53. The molecule has 8 heteroatoms. The maximum Gasteiger partial charge on any atom is 0.144 e. The van der Waals surface area contributed by atoms with Crippen LogP contribution >= 0.6 is 34.8 Å². The normalized spacial score (nSPS) is 15.2. The molecule has 0 radical (unpaired) electrons. The van der Waals surface area contributed by atoms with Crippen LogP contribution in [0.4, 0.5) is 0 Å². The Kier molecular flexibility index (Phi) is 6.56. The van der Waals surface area contributed by atoms with Crippen molar-refractivity contribution in [3.05, 3.63) is 117 Å². The second kappa shape index (κ2) is 9.22. The smallest absolute Gasteiger partial charge is 0.144 e. The van der Waals surface area contributed by atoms with E-state index in [0.29, 0.717) is 21.2 Å². The highest BCUT2D eigenvalue weighted by molar-refractivity contribution is 6.35. The summed E-state index contributed by atoms with van der Waals surface area (Å²) in [4.78, 5) is 3.98. The Morgan fingerprint density at radius 1 is 0.812 bits per heavy atom. The van der Waals surface area contributed by atoms with Crippen molar-refractivity contribution >= 4 is 34.8 Å². The molecule has 0 fully saturated rings. The summed E-state index contributed by atoms with van der Waals surface area (Å²) in [5, 5.41) is 30.0. The van der Waals surface area contributed by atoms with Crippen LogP contribution in [0.5, 0.6) is 0 Å². The largest absolute Gasteiger partial charge is 0.381 e. The predicted molar refractivity (Wildman–Crippen MR) is 126 cm³/mol. The van der Waals surface area contributed by atoms with Crippen molar-refractivity contribution in [1.82, 2.24) is 14.8 Å². The zero-order chi connectivity index (χ0) is 22.8. The number of nitrogens with zero attached hydrogens (tertiary/aromatic N) is 3. The Morgan fingerprint density at radius 3 is 2.12 bits per heavy atom. The van der Waals surface area contributed by atoms with E-state index in [-0.39, 0.29) is 18.0 Å². The van der Waals surface area contributed by atoms with Crippen LogP contribution in [0.3, 0.4) is 0 Å². The zero-order valence-corrected chi connectivity index (χ0v) is 19.1. The average molecular weight is 489 g/mol. The van der Waals surface area contributed by atoms with Crippen molar-refractivity contribution in [3.8, 4) is 0 Å². The summed E-state index contributed by atoms with van der Waals surface area (Å²) in [6, 6.07) is 20.9. The molecule has 0 spiro atoms. The molecule has 0 aliphatic rings. The van der Waals surface area contributed by atoms with Gasteiger partial charge in [0.2, 0.25) is 0 Å². The van der Waals surface area contributed by atoms with Crippen LogP contribution in [-0.4, -0.2) is 25.0 Å². The standard InChI is InChI=1S/C24H20Cl3N3O2/c25-19-8-6-17(7-9-19)13-23(31,18-4-2-1-3-5-18)24(32,14-30-16-28-15-29-30)21-11-10-20(26)12-22(21)27/h1-12,15-16,31-32H,13-14H2/t23-,24-/m0/s1. The highest BCUT2D eigenvalue weighted by atomic mass is 35.5. The molecular formula is C24H20Cl3N3O2. The van der Waals surface area contributed by atoms with E-state index in [1.54, 1.807) is 42.5 Å². The van der Waals surface area contributed by atoms with Gasteiger partial charge in [0, 0.05) is 27.1 Å². The molecule has 2 N–H and O–H groups in total. The summed E-state index contributed by atoms with van der Waals surface area (Å²) in [5.74, 6) is 0. The molecule has 0 bridgehead atoms. The molecule has 1 aromatic heterocycles. The van der Waals surface area contributed by atoms with Gasteiger partial charge in [0.15, 0.2) is 0 Å². The van der Waals surface area contributed by atoms with E-state index in [1.807, 2.05) is 30.3 Å². The average Bonchev–Trinajstić information content (AvgIpc) is 3.28. The minimum Gasteiger partial charge on any atom is -0.381 e. The van der Waals surface area contributed by atoms with Crippen molar-refractivity contribution < 1.29 is 10.2 Å². The van der Waals surface area contributed by atoms with Crippen LogP contribution in [0.2, 0.25) is 15.1 Å². The van der Waals surface area contributed by atoms with E-state index in [2.05, 4.69) is 10.1 Å². The predicted octanol–water partition coefficient (Wildman–Crippen LogP) is 5.26. The van der Waals surface area contributed by atoms with Crippen LogP contribution in [0, 0.1) is 0 Å². The Morgan fingerprint density at radius 2 is 1.50 bits per heavy atom. The van der Waals surface area contributed by atoms with E-state index < -0.39 is 11.2 Å². The number of hydrogen-bond donors (Lipinski definition) is 2. The third-order valence-corrected chi connectivity index (χ3v) is 6.34. The topological polar surface area (TPSA) is 71.2 Å². The van der Waals surface area contributed by atoms with Crippen molar-refractivity contribution in [1.29, 1.82) is 0 Å². The summed E-state index contributed by atoms with van der Waals surface area (Å²) in [6.45, 7) is -0.104. The minimum absolute atomic E-state index is 0.0817. The van der Waals surface area contributed by atoms with E-state index in [9.17, 15) is 10.2 Å². The Labute approximate surface area is 200 Å². The summed E-state index contributed by atoms with van der Waals surface area (Å²) < 4.78 is 1.46. The fourth-order valence-electron chi connectivity index (χ4n) is 3.91. The molecule has 0 saturated carbocycles. The van der Waals surface area contributed by atoms with Gasteiger partial charge < -0.3 is 10.2 Å². The van der Waals surface area contributed by atoms with Gasteiger partial charge >= 0.3 is 0 Å². The first kappa shape index (κ1) is 22.8. The van der Waals surface area contributed by atoms with E-state index in [0.717, 1.165) is 5.56 Å². The highest BCUT2D eigenvalue weighted by Gasteiger charge is 2.53. The minimum atomic E-state index is -1.90. The third-order valence-electron chi connectivity index (χ3n) is 5.54. The van der Waals surface area contributed by atoms with Crippen molar-refractivity contribution in [2.75, 3.05) is 0 Å². The molecule has 3 aromatic carbocycles. The fraction of sp³-hybridized carbons (Fsp3) is 0.167. The summed E-state index contributed by atoms with van der Waals surface area (Å²) in [5.41, 5.74) is -2.08. The third kappa shape index (κ3) is 4.40. The molecule has 4 rings (SSSR count). The van der Waals surface area contributed by atoms with Crippen LogP contribution in [0.25, 0.3) is 0 Å². The van der Waals surface area contributed by atoms with Crippen molar-refractivity contribution in [3.63, 3.8) is 0 Å². The molecule has 32 heavy (non-hydrogen) atoms. The van der Waals surface area contributed by atoms with Gasteiger partial charge in [0.25, 0.3) is 0 Å². The number of benzene rings is 3. The molecule has 5 nitrogen and oxygen atoms in total. The molecular weight excluding hydrogens is 469 g/mol. The zero-order valence-electron chi connectivity index (χ0n) is 16.9. The monoisotopic (exact) mass is 487 g/mol. The molecule has 4 aromatic rings. The lowest BCUT2D eigenvalue weighted by Gasteiger charge is -2.45. The van der Waals surface area contributed by atoms with E-state index in [4.69, 9.17) is 34.8 Å². The van der Waals surface area contributed by atoms with Crippen LogP contribution < -0.4 is 0 Å². The quantitative estimate of drug-likeness (QED) is 0.372. The van der Waals surface area contributed by atoms with Crippen molar-refractivity contribution in [2.45, 2.75) is 24.2 Å². The van der Waals surface area contributed by atoms with Gasteiger partial charge in [-0.25, -0.2) is 9.67 Å². The molecule has 164 valence electrons. The number of rotatable bonds is 7. The first-order chi connectivity index (χ1) is 15.3. The van der Waals surface area contributed by atoms with E-state index in [1.165, 1.54) is 17.3 Å². The lowest BCUT2D eigenvalue weighted by molar-refractivity contribution is -0.175.